The molecule has 0 aliphatic rings. The van der Waals surface area contributed by atoms with E-state index in [0.717, 1.165) is 11.3 Å². The molecule has 0 aliphatic heterocycles. The first-order valence-corrected chi connectivity index (χ1v) is 5.68. The molecule has 1 aromatic carbocycles. The van der Waals surface area contributed by atoms with Gasteiger partial charge in [0.2, 0.25) is 5.91 Å². The fourth-order valence-electron chi connectivity index (χ4n) is 1.69. The molecule has 1 amide bonds. The minimum Gasteiger partial charge on any atom is -0.316 e. The molecular weight excluding hydrogens is 226 g/mol. The van der Waals surface area contributed by atoms with Crippen LogP contribution in [0.2, 0.25) is 0 Å². The van der Waals surface area contributed by atoms with Crippen LogP contribution in [0.25, 0.3) is 0 Å². The number of carbonyl (C=O) groups excluding carboxylic acids is 1. The summed E-state index contributed by atoms with van der Waals surface area (Å²) in [6.07, 6.45) is 3.30. The first-order valence-electron chi connectivity index (χ1n) is 5.68. The van der Waals surface area contributed by atoms with E-state index in [-0.39, 0.29) is 5.91 Å². The lowest BCUT2D eigenvalue weighted by molar-refractivity contribution is -0.119. The molecule has 18 heavy (non-hydrogen) atoms. The van der Waals surface area contributed by atoms with Gasteiger partial charge in [0.05, 0.1) is 11.9 Å². The zero-order valence-electron chi connectivity index (χ0n) is 10.2. The van der Waals surface area contributed by atoms with Crippen LogP contribution in [0.3, 0.4) is 0 Å². The number of rotatable bonds is 3. The molecule has 0 aliphatic carbocycles. The molecule has 1 atom stereocenters. The van der Waals surface area contributed by atoms with Gasteiger partial charge in [0.25, 0.3) is 0 Å². The molecule has 0 fully saturated rings. The lowest BCUT2D eigenvalue weighted by Crippen LogP contribution is -2.35. The zero-order chi connectivity index (χ0) is 13.0. The van der Waals surface area contributed by atoms with E-state index < -0.39 is 6.04 Å². The molecule has 0 bridgehead atoms. The third-order valence-corrected chi connectivity index (χ3v) is 2.79. The quantitative estimate of drug-likeness (QED) is 0.890. The van der Waals surface area contributed by atoms with E-state index in [0.29, 0.717) is 0 Å². The largest absolute Gasteiger partial charge is 0.316 e. The monoisotopic (exact) mass is 241 g/mol. The summed E-state index contributed by atoms with van der Waals surface area (Å²) in [6, 6.07) is 12.3. The second-order valence-electron chi connectivity index (χ2n) is 4.00. The highest BCUT2D eigenvalue weighted by molar-refractivity contribution is 5.97. The molecule has 0 radical (unpaired) electrons. The van der Waals surface area contributed by atoms with E-state index in [1.807, 2.05) is 36.4 Å². The van der Waals surface area contributed by atoms with Gasteiger partial charge in [-0.3, -0.25) is 9.78 Å². The summed E-state index contributed by atoms with van der Waals surface area (Å²) in [4.78, 5) is 17.7. The summed E-state index contributed by atoms with van der Waals surface area (Å²) in [5.74, 6) is -0.158. The van der Waals surface area contributed by atoms with Gasteiger partial charge in [-0.25, -0.2) is 0 Å². The van der Waals surface area contributed by atoms with Gasteiger partial charge in [-0.05, 0) is 17.7 Å². The van der Waals surface area contributed by atoms with E-state index in [1.165, 1.54) is 4.90 Å². The van der Waals surface area contributed by atoms with Crippen LogP contribution >= 0.6 is 0 Å². The Balaban J connectivity index is 2.17. The number of likely N-dealkylation sites (N-methyl/N-ethyl adjacent to an activating group) is 1. The highest BCUT2D eigenvalue weighted by atomic mass is 16.2. The number of nitrogens with two attached hydrogens (primary N) is 1. The van der Waals surface area contributed by atoms with Crippen molar-refractivity contribution >= 4 is 11.6 Å². The first kappa shape index (κ1) is 12.3. The molecule has 0 spiro atoms. The van der Waals surface area contributed by atoms with Crippen LogP contribution in [0.15, 0.2) is 54.9 Å². The topological polar surface area (TPSA) is 59.2 Å². The van der Waals surface area contributed by atoms with Crippen molar-refractivity contribution in [2.75, 3.05) is 11.9 Å². The van der Waals surface area contributed by atoms with Gasteiger partial charge >= 0.3 is 0 Å². The van der Waals surface area contributed by atoms with Crippen LogP contribution in [-0.4, -0.2) is 17.9 Å². The van der Waals surface area contributed by atoms with Crippen LogP contribution in [-0.2, 0) is 4.79 Å². The Labute approximate surface area is 106 Å². The minimum atomic E-state index is -0.656. The van der Waals surface area contributed by atoms with Crippen molar-refractivity contribution in [1.82, 2.24) is 4.98 Å². The van der Waals surface area contributed by atoms with Gasteiger partial charge in [0.15, 0.2) is 0 Å². The van der Waals surface area contributed by atoms with Gasteiger partial charge in [-0.1, -0.05) is 30.3 Å². The summed E-state index contributed by atoms with van der Waals surface area (Å²) >= 11 is 0. The van der Waals surface area contributed by atoms with Gasteiger partial charge < -0.3 is 10.6 Å². The number of carbonyl (C=O) groups is 1. The van der Waals surface area contributed by atoms with Crippen molar-refractivity contribution in [2.24, 2.45) is 5.73 Å². The molecule has 4 nitrogen and oxygen atoms in total. The SMILES string of the molecule is CN(C(=O)[C@H](N)c1ccccc1)c1cccnc1. The first-order chi connectivity index (χ1) is 8.70. The Kier molecular flexibility index (Phi) is 3.69. The van der Waals surface area contributed by atoms with Crippen molar-refractivity contribution in [1.29, 1.82) is 0 Å². The highest BCUT2D eigenvalue weighted by Crippen LogP contribution is 2.17. The van der Waals surface area contributed by atoms with Gasteiger partial charge in [-0.2, -0.15) is 0 Å². The Bertz CT molecular complexity index is 466. The smallest absolute Gasteiger partial charge is 0.248 e. The maximum Gasteiger partial charge on any atom is 0.248 e. The van der Waals surface area contributed by atoms with Crippen LogP contribution in [0.1, 0.15) is 11.6 Å². The van der Waals surface area contributed by atoms with Gasteiger partial charge in [0.1, 0.15) is 6.04 Å². The molecule has 4 heteroatoms. The lowest BCUT2D eigenvalue weighted by Gasteiger charge is -2.21. The van der Waals surface area contributed by atoms with Crippen LogP contribution in [0.4, 0.5) is 5.69 Å². The maximum atomic E-state index is 12.2. The van der Waals surface area contributed by atoms with Crippen molar-refractivity contribution in [3.8, 4) is 0 Å². The van der Waals surface area contributed by atoms with Crippen LogP contribution in [0, 0.1) is 0 Å². The molecule has 1 heterocycles. The zero-order valence-corrected chi connectivity index (χ0v) is 10.2. The third kappa shape index (κ3) is 2.55. The standard InChI is InChI=1S/C14H15N3O/c1-17(12-8-5-9-16-10-12)14(18)13(15)11-6-3-2-4-7-11/h2-10,13H,15H2,1H3/t13-/m1/s1. The number of hydrogen-bond donors (Lipinski definition) is 1. The van der Waals surface area contributed by atoms with Gasteiger partial charge in [-0.15, -0.1) is 0 Å². The van der Waals surface area contributed by atoms with E-state index in [2.05, 4.69) is 4.98 Å². The average Bonchev–Trinajstić information content (AvgIpc) is 2.47. The average molecular weight is 241 g/mol. The number of benzene rings is 1. The lowest BCUT2D eigenvalue weighted by atomic mass is 10.1. The summed E-state index contributed by atoms with van der Waals surface area (Å²) in [5.41, 5.74) is 7.50. The van der Waals surface area contributed by atoms with E-state index in [4.69, 9.17) is 5.73 Å². The predicted molar refractivity (Wildman–Crippen MR) is 71.0 cm³/mol. The Morgan fingerprint density at radius 3 is 2.56 bits per heavy atom. The molecule has 0 saturated heterocycles. The van der Waals surface area contributed by atoms with Crippen molar-refractivity contribution in [3.63, 3.8) is 0 Å². The Hall–Kier alpha value is -2.20. The maximum absolute atomic E-state index is 12.2. The second-order valence-corrected chi connectivity index (χ2v) is 4.00. The van der Waals surface area contributed by atoms with E-state index in [9.17, 15) is 4.79 Å². The normalized spacial score (nSPS) is 11.9. The summed E-state index contributed by atoms with van der Waals surface area (Å²) in [7, 11) is 1.70. The number of amides is 1. The number of nitrogens with zero attached hydrogens (tertiary/aromatic N) is 2. The third-order valence-electron chi connectivity index (χ3n) is 2.79. The number of hydrogen-bond acceptors (Lipinski definition) is 3. The summed E-state index contributed by atoms with van der Waals surface area (Å²) in [6.45, 7) is 0. The number of pyridine rings is 1. The second kappa shape index (κ2) is 5.42. The number of anilines is 1. The van der Waals surface area contributed by atoms with E-state index >= 15 is 0 Å². The molecule has 92 valence electrons. The molecule has 0 saturated carbocycles. The van der Waals surface area contributed by atoms with Gasteiger partial charge in [0, 0.05) is 13.2 Å². The van der Waals surface area contributed by atoms with Crippen molar-refractivity contribution < 1.29 is 4.79 Å². The van der Waals surface area contributed by atoms with Crippen LogP contribution in [0.5, 0.6) is 0 Å². The fourth-order valence-corrected chi connectivity index (χ4v) is 1.69. The molecule has 2 N–H and O–H groups in total. The summed E-state index contributed by atoms with van der Waals surface area (Å²) in [5, 5.41) is 0. The predicted octanol–water partition coefficient (Wildman–Crippen LogP) is 1.74. The molecule has 2 rings (SSSR count). The molecule has 0 unspecified atom stereocenters. The van der Waals surface area contributed by atoms with Crippen LogP contribution < -0.4 is 10.6 Å². The summed E-state index contributed by atoms with van der Waals surface area (Å²) < 4.78 is 0. The van der Waals surface area contributed by atoms with Crippen molar-refractivity contribution in [2.45, 2.75) is 6.04 Å². The number of aromatic nitrogens is 1. The Morgan fingerprint density at radius 1 is 1.22 bits per heavy atom. The Morgan fingerprint density at radius 2 is 1.94 bits per heavy atom. The van der Waals surface area contributed by atoms with E-state index in [1.54, 1.807) is 25.5 Å². The van der Waals surface area contributed by atoms with Crippen molar-refractivity contribution in [3.05, 3.63) is 60.4 Å². The highest BCUT2D eigenvalue weighted by Gasteiger charge is 2.20. The fraction of sp³-hybridized carbons (Fsp3) is 0.143. The molecule has 2 aromatic rings. The molecule has 1 aromatic heterocycles. The minimum absolute atomic E-state index is 0.158. The molecular formula is C14H15N3O.